The summed E-state index contributed by atoms with van der Waals surface area (Å²) in [5, 5.41) is 8.62. The van der Waals surface area contributed by atoms with E-state index in [1.165, 1.54) is 0 Å². The van der Waals surface area contributed by atoms with E-state index in [9.17, 15) is 26.3 Å². The number of rotatable bonds is 2. The first-order valence-corrected chi connectivity index (χ1v) is 4.10. The fourth-order valence-electron chi connectivity index (χ4n) is 1.04. The van der Waals surface area contributed by atoms with Crippen LogP contribution in [-0.4, -0.2) is 17.4 Å². The Morgan fingerprint density at radius 3 is 2.00 bits per heavy atom. The van der Waals surface area contributed by atoms with Crippen LogP contribution in [0, 0.1) is 17.5 Å². The van der Waals surface area contributed by atoms with Gasteiger partial charge in [0.15, 0.2) is 17.7 Å². The summed E-state index contributed by atoms with van der Waals surface area (Å²) in [6, 6.07) is 0.424. The van der Waals surface area contributed by atoms with Crippen molar-refractivity contribution in [1.29, 1.82) is 0 Å². The van der Waals surface area contributed by atoms with Gasteiger partial charge in [0.1, 0.15) is 5.82 Å². The summed E-state index contributed by atoms with van der Waals surface area (Å²) in [7, 11) is 0. The van der Waals surface area contributed by atoms with Crippen LogP contribution in [0.2, 0.25) is 0 Å². The molecule has 0 bridgehead atoms. The molecule has 1 aromatic rings. The lowest BCUT2D eigenvalue weighted by Crippen LogP contribution is -2.30. The van der Waals surface area contributed by atoms with Crippen LogP contribution in [0.4, 0.5) is 26.3 Å². The van der Waals surface area contributed by atoms with Gasteiger partial charge in [-0.05, 0) is 11.6 Å². The second-order valence-corrected chi connectivity index (χ2v) is 3.12. The van der Waals surface area contributed by atoms with Crippen molar-refractivity contribution in [1.82, 2.24) is 0 Å². The monoisotopic (exact) mass is 244 g/mol. The number of benzene rings is 1. The van der Waals surface area contributed by atoms with Gasteiger partial charge in [-0.15, -0.1) is 0 Å². The minimum atomic E-state index is -4.93. The Morgan fingerprint density at radius 1 is 1.00 bits per heavy atom. The van der Waals surface area contributed by atoms with Crippen molar-refractivity contribution in [2.24, 2.45) is 0 Å². The molecule has 0 unspecified atom stereocenters. The molecule has 7 heteroatoms. The molecule has 1 aromatic carbocycles. The lowest BCUT2D eigenvalue weighted by Gasteiger charge is -2.14. The highest BCUT2D eigenvalue weighted by molar-refractivity contribution is 5.21. The molecule has 0 saturated heterocycles. The maximum atomic E-state index is 12.9. The van der Waals surface area contributed by atoms with E-state index in [1.54, 1.807) is 0 Å². The zero-order chi connectivity index (χ0) is 12.5. The van der Waals surface area contributed by atoms with Crippen LogP contribution in [-0.2, 0) is 6.42 Å². The highest BCUT2D eigenvalue weighted by Gasteiger charge is 2.38. The minimum Gasteiger partial charge on any atom is -0.383 e. The lowest BCUT2D eigenvalue weighted by molar-refractivity contribution is -0.203. The predicted octanol–water partition coefficient (Wildman–Crippen LogP) is 2.57. The molecule has 1 N–H and O–H groups in total. The molecule has 1 nitrogen and oxygen atoms in total. The van der Waals surface area contributed by atoms with Crippen molar-refractivity contribution >= 4 is 0 Å². The van der Waals surface area contributed by atoms with Gasteiger partial charge < -0.3 is 5.11 Å². The van der Waals surface area contributed by atoms with Gasteiger partial charge in [-0.1, -0.05) is 0 Å². The van der Waals surface area contributed by atoms with E-state index in [2.05, 4.69) is 0 Å². The molecule has 0 aliphatic carbocycles. The molecule has 0 aromatic heterocycles. The molecule has 0 heterocycles. The van der Waals surface area contributed by atoms with E-state index in [-0.39, 0.29) is 6.07 Å². The number of hydrogen-bond donors (Lipinski definition) is 1. The number of hydrogen-bond acceptors (Lipinski definition) is 1. The normalized spacial score (nSPS) is 13.9. The smallest absolute Gasteiger partial charge is 0.383 e. The van der Waals surface area contributed by atoms with Crippen molar-refractivity contribution in [3.8, 4) is 0 Å². The van der Waals surface area contributed by atoms with Crippen LogP contribution in [0.3, 0.4) is 0 Å². The Bertz CT molecular complexity index is 386. The first-order chi connectivity index (χ1) is 7.21. The molecule has 0 aliphatic heterocycles. The Hall–Kier alpha value is -1.24. The Kier molecular flexibility index (Phi) is 3.47. The summed E-state index contributed by atoms with van der Waals surface area (Å²) in [6.07, 6.45) is -8.91. The van der Waals surface area contributed by atoms with Crippen molar-refractivity contribution in [3.63, 3.8) is 0 Å². The summed E-state index contributed by atoms with van der Waals surface area (Å²) in [5.74, 6) is -4.30. The van der Waals surface area contributed by atoms with Crippen LogP contribution in [0.15, 0.2) is 12.1 Å². The number of alkyl halides is 3. The third-order valence-electron chi connectivity index (χ3n) is 1.88. The Balaban J connectivity index is 2.94. The Morgan fingerprint density at radius 2 is 1.50 bits per heavy atom. The quantitative estimate of drug-likeness (QED) is 0.626. The highest BCUT2D eigenvalue weighted by Crippen LogP contribution is 2.24. The summed E-state index contributed by atoms with van der Waals surface area (Å²) in [5.41, 5.74) is -0.733. The molecule has 16 heavy (non-hydrogen) atoms. The standard InChI is InChI=1S/C9H6F6O/c10-5-3-7(12)6(11)1-4(5)2-8(16)9(13,14)15/h1,3,8,16H,2H2/t8-/m0/s1. The van der Waals surface area contributed by atoms with Crippen LogP contribution in [0.1, 0.15) is 5.56 Å². The highest BCUT2D eigenvalue weighted by atomic mass is 19.4. The van der Waals surface area contributed by atoms with Crippen LogP contribution in [0.25, 0.3) is 0 Å². The van der Waals surface area contributed by atoms with Gasteiger partial charge in [0.25, 0.3) is 0 Å². The average Bonchev–Trinajstić information content (AvgIpc) is 2.12. The van der Waals surface area contributed by atoms with Gasteiger partial charge >= 0.3 is 6.18 Å². The second-order valence-electron chi connectivity index (χ2n) is 3.12. The van der Waals surface area contributed by atoms with E-state index >= 15 is 0 Å². The largest absolute Gasteiger partial charge is 0.414 e. The van der Waals surface area contributed by atoms with Crippen LogP contribution in [0.5, 0.6) is 0 Å². The summed E-state index contributed by atoms with van der Waals surface area (Å²) in [6.45, 7) is 0. The molecular weight excluding hydrogens is 238 g/mol. The van der Waals surface area contributed by atoms with E-state index in [0.29, 0.717) is 6.07 Å². The molecule has 0 spiro atoms. The SMILES string of the molecule is O[C@@H](Cc1cc(F)c(F)cc1F)C(F)(F)F. The first kappa shape index (κ1) is 12.8. The Labute approximate surface area is 86.3 Å². The van der Waals surface area contributed by atoms with Gasteiger partial charge in [-0.3, -0.25) is 0 Å². The average molecular weight is 244 g/mol. The molecule has 1 atom stereocenters. The van der Waals surface area contributed by atoms with Gasteiger partial charge in [-0.2, -0.15) is 13.2 Å². The van der Waals surface area contributed by atoms with Crippen molar-refractivity contribution in [2.75, 3.05) is 0 Å². The molecule has 0 amide bonds. The summed E-state index contributed by atoms with van der Waals surface area (Å²) < 4.78 is 73.6. The lowest BCUT2D eigenvalue weighted by atomic mass is 10.1. The zero-order valence-corrected chi connectivity index (χ0v) is 7.65. The predicted molar refractivity (Wildman–Crippen MR) is 42.1 cm³/mol. The zero-order valence-electron chi connectivity index (χ0n) is 7.65. The third kappa shape index (κ3) is 2.88. The van der Waals surface area contributed by atoms with Gasteiger partial charge in [0.05, 0.1) is 0 Å². The van der Waals surface area contributed by atoms with E-state index in [4.69, 9.17) is 5.11 Å². The van der Waals surface area contributed by atoms with Crippen LogP contribution >= 0.6 is 0 Å². The number of halogens is 6. The molecule has 0 aliphatic rings. The summed E-state index contributed by atoms with van der Waals surface area (Å²) >= 11 is 0. The third-order valence-corrected chi connectivity index (χ3v) is 1.88. The van der Waals surface area contributed by atoms with Crippen molar-refractivity contribution in [3.05, 3.63) is 35.1 Å². The number of aliphatic hydroxyl groups excluding tert-OH is 1. The fourth-order valence-corrected chi connectivity index (χ4v) is 1.04. The summed E-state index contributed by atoms with van der Waals surface area (Å²) in [4.78, 5) is 0. The first-order valence-electron chi connectivity index (χ1n) is 4.10. The van der Waals surface area contributed by atoms with E-state index < -0.39 is 41.7 Å². The van der Waals surface area contributed by atoms with E-state index in [1.807, 2.05) is 0 Å². The van der Waals surface area contributed by atoms with Crippen molar-refractivity contribution in [2.45, 2.75) is 18.7 Å². The molecule has 0 fully saturated rings. The maximum Gasteiger partial charge on any atom is 0.414 e. The van der Waals surface area contributed by atoms with Crippen LogP contribution < -0.4 is 0 Å². The molecular formula is C9H6F6O. The van der Waals surface area contributed by atoms with Gasteiger partial charge in [-0.25, -0.2) is 13.2 Å². The van der Waals surface area contributed by atoms with Gasteiger partial charge in [0.2, 0.25) is 0 Å². The topological polar surface area (TPSA) is 20.2 Å². The van der Waals surface area contributed by atoms with E-state index in [0.717, 1.165) is 0 Å². The maximum absolute atomic E-state index is 12.9. The molecule has 0 saturated carbocycles. The molecule has 1 rings (SSSR count). The molecule has 90 valence electrons. The number of aliphatic hydroxyl groups is 1. The second kappa shape index (κ2) is 4.32. The van der Waals surface area contributed by atoms with Crippen molar-refractivity contribution < 1.29 is 31.4 Å². The minimum absolute atomic E-state index is 0.133. The fraction of sp³-hybridized carbons (Fsp3) is 0.333. The van der Waals surface area contributed by atoms with Gasteiger partial charge in [0, 0.05) is 12.5 Å². The molecule has 0 radical (unpaired) electrons.